The summed E-state index contributed by atoms with van der Waals surface area (Å²) >= 11 is 0. The van der Waals surface area contributed by atoms with Crippen molar-refractivity contribution in [3.05, 3.63) is 29.8 Å². The van der Waals surface area contributed by atoms with Gasteiger partial charge in [0.1, 0.15) is 0 Å². The summed E-state index contributed by atoms with van der Waals surface area (Å²) in [4.78, 5) is 17.4. The number of rotatable bonds is 2. The molecule has 1 aliphatic heterocycles. The van der Waals surface area contributed by atoms with E-state index in [1.165, 1.54) is 18.3 Å². The minimum absolute atomic E-state index is 0.0411. The van der Waals surface area contributed by atoms with Crippen molar-refractivity contribution in [2.75, 3.05) is 13.1 Å². The van der Waals surface area contributed by atoms with Gasteiger partial charge in [-0.1, -0.05) is 13.8 Å². The van der Waals surface area contributed by atoms with Crippen LogP contribution in [0, 0.1) is 17.8 Å². The zero-order chi connectivity index (χ0) is 12.4. The average molecular weight is 236 g/mol. The summed E-state index contributed by atoms with van der Waals surface area (Å²) < 4.78 is 12.7. The van der Waals surface area contributed by atoms with Crippen molar-refractivity contribution < 1.29 is 9.18 Å². The fraction of sp³-hybridized carbons (Fsp3) is 0.538. The molecule has 2 heterocycles. The second kappa shape index (κ2) is 4.82. The van der Waals surface area contributed by atoms with Gasteiger partial charge in [-0.05, 0) is 30.4 Å². The summed E-state index contributed by atoms with van der Waals surface area (Å²) in [6.45, 7) is 5.95. The fourth-order valence-electron chi connectivity index (χ4n) is 2.20. The first-order valence-electron chi connectivity index (χ1n) is 5.98. The zero-order valence-electron chi connectivity index (χ0n) is 10.2. The molecule has 1 atom stereocenters. The molecule has 0 aliphatic carbocycles. The highest BCUT2D eigenvalue weighted by Crippen LogP contribution is 2.24. The fourth-order valence-corrected chi connectivity index (χ4v) is 2.20. The molecule has 1 saturated heterocycles. The van der Waals surface area contributed by atoms with Crippen LogP contribution in [0.15, 0.2) is 18.3 Å². The van der Waals surface area contributed by atoms with E-state index in [1.807, 2.05) is 4.90 Å². The van der Waals surface area contributed by atoms with Gasteiger partial charge in [-0.3, -0.25) is 4.79 Å². The molecule has 0 saturated carbocycles. The molecule has 1 fully saturated rings. The third-order valence-corrected chi connectivity index (χ3v) is 3.43. The highest BCUT2D eigenvalue weighted by molar-refractivity contribution is 5.94. The summed E-state index contributed by atoms with van der Waals surface area (Å²) in [5.74, 6) is 0.579. The van der Waals surface area contributed by atoms with Crippen molar-refractivity contribution in [2.24, 2.45) is 11.8 Å². The zero-order valence-corrected chi connectivity index (χ0v) is 10.2. The molecule has 3 nitrogen and oxygen atoms in total. The summed E-state index contributed by atoms with van der Waals surface area (Å²) in [6, 6.07) is 2.72. The van der Waals surface area contributed by atoms with Crippen LogP contribution in [0.5, 0.6) is 0 Å². The minimum atomic E-state index is -0.553. The van der Waals surface area contributed by atoms with Crippen molar-refractivity contribution >= 4 is 5.91 Å². The standard InChI is InChI=1S/C13H17FN2O/c1-9(2)11-5-6-16(8-11)13(17)10-3-4-12(14)15-7-10/h3-4,7,9,11H,5-6,8H2,1-2H3. The maximum absolute atomic E-state index is 12.7. The molecule has 0 bridgehead atoms. The summed E-state index contributed by atoms with van der Waals surface area (Å²) in [6.07, 6.45) is 2.36. The van der Waals surface area contributed by atoms with Gasteiger partial charge in [0, 0.05) is 19.3 Å². The van der Waals surface area contributed by atoms with E-state index in [9.17, 15) is 9.18 Å². The molecule has 92 valence electrons. The first-order valence-corrected chi connectivity index (χ1v) is 5.98. The average Bonchev–Trinajstić information content (AvgIpc) is 2.78. The third-order valence-electron chi connectivity index (χ3n) is 3.43. The molecular weight excluding hydrogens is 219 g/mol. The quantitative estimate of drug-likeness (QED) is 0.738. The van der Waals surface area contributed by atoms with Gasteiger partial charge in [0.15, 0.2) is 0 Å². The molecule has 1 aromatic heterocycles. The van der Waals surface area contributed by atoms with Crippen LogP contribution in [0.4, 0.5) is 4.39 Å². The Morgan fingerprint density at radius 1 is 1.53 bits per heavy atom. The van der Waals surface area contributed by atoms with Crippen molar-refractivity contribution in [1.82, 2.24) is 9.88 Å². The Morgan fingerprint density at radius 3 is 2.82 bits per heavy atom. The predicted molar refractivity (Wildman–Crippen MR) is 63.0 cm³/mol. The minimum Gasteiger partial charge on any atom is -0.338 e. The Bertz CT molecular complexity index is 402. The third kappa shape index (κ3) is 2.62. The molecule has 0 radical (unpaired) electrons. The van der Waals surface area contributed by atoms with Crippen LogP contribution in [0.2, 0.25) is 0 Å². The number of hydrogen-bond donors (Lipinski definition) is 0. The molecule has 0 spiro atoms. The van der Waals surface area contributed by atoms with Gasteiger partial charge in [-0.2, -0.15) is 4.39 Å². The van der Waals surface area contributed by atoms with E-state index in [0.717, 1.165) is 19.5 Å². The van der Waals surface area contributed by atoms with E-state index in [2.05, 4.69) is 18.8 Å². The van der Waals surface area contributed by atoms with Gasteiger partial charge in [0.25, 0.3) is 5.91 Å². The number of likely N-dealkylation sites (tertiary alicyclic amines) is 1. The van der Waals surface area contributed by atoms with E-state index >= 15 is 0 Å². The maximum atomic E-state index is 12.7. The van der Waals surface area contributed by atoms with Gasteiger partial charge in [-0.15, -0.1) is 0 Å². The number of pyridine rings is 1. The molecule has 0 N–H and O–H groups in total. The lowest BCUT2D eigenvalue weighted by molar-refractivity contribution is 0.0783. The van der Waals surface area contributed by atoms with Gasteiger partial charge in [-0.25, -0.2) is 4.98 Å². The number of hydrogen-bond acceptors (Lipinski definition) is 2. The SMILES string of the molecule is CC(C)C1CCN(C(=O)c2ccc(F)nc2)C1. The number of carbonyl (C=O) groups is 1. The number of nitrogens with zero attached hydrogens (tertiary/aromatic N) is 2. The van der Waals surface area contributed by atoms with E-state index in [4.69, 9.17) is 0 Å². The second-order valence-electron chi connectivity index (χ2n) is 4.91. The van der Waals surface area contributed by atoms with Gasteiger partial charge >= 0.3 is 0 Å². The Hall–Kier alpha value is -1.45. The molecule has 4 heteroatoms. The topological polar surface area (TPSA) is 33.2 Å². The normalized spacial score (nSPS) is 20.0. The Balaban J connectivity index is 2.04. The summed E-state index contributed by atoms with van der Waals surface area (Å²) in [7, 11) is 0. The first-order chi connectivity index (χ1) is 8.08. The molecule has 2 rings (SSSR count). The van der Waals surface area contributed by atoms with Crippen LogP contribution in [0.1, 0.15) is 30.6 Å². The monoisotopic (exact) mass is 236 g/mol. The Kier molecular flexibility index (Phi) is 3.41. The lowest BCUT2D eigenvalue weighted by Crippen LogP contribution is -2.29. The van der Waals surface area contributed by atoms with E-state index in [-0.39, 0.29) is 5.91 Å². The Morgan fingerprint density at radius 2 is 2.29 bits per heavy atom. The number of aromatic nitrogens is 1. The molecule has 1 aliphatic rings. The van der Waals surface area contributed by atoms with Crippen LogP contribution >= 0.6 is 0 Å². The largest absolute Gasteiger partial charge is 0.338 e. The van der Waals surface area contributed by atoms with Crippen LogP contribution in [0.3, 0.4) is 0 Å². The smallest absolute Gasteiger partial charge is 0.255 e. The van der Waals surface area contributed by atoms with Crippen LogP contribution < -0.4 is 0 Å². The van der Waals surface area contributed by atoms with Gasteiger partial charge in [0.2, 0.25) is 5.95 Å². The molecule has 1 aromatic rings. The van der Waals surface area contributed by atoms with Crippen molar-refractivity contribution in [2.45, 2.75) is 20.3 Å². The van der Waals surface area contributed by atoms with Crippen LogP contribution in [-0.2, 0) is 0 Å². The lowest BCUT2D eigenvalue weighted by Gasteiger charge is -2.18. The predicted octanol–water partition coefficient (Wildman–Crippen LogP) is 2.34. The molecule has 0 aromatic carbocycles. The molecular formula is C13H17FN2O. The van der Waals surface area contributed by atoms with Crippen LogP contribution in [-0.4, -0.2) is 28.9 Å². The lowest BCUT2D eigenvalue weighted by atomic mass is 9.95. The van der Waals surface area contributed by atoms with Crippen molar-refractivity contribution in [3.8, 4) is 0 Å². The van der Waals surface area contributed by atoms with Gasteiger partial charge in [0.05, 0.1) is 5.56 Å². The molecule has 17 heavy (non-hydrogen) atoms. The first kappa shape index (κ1) is 12.0. The van der Waals surface area contributed by atoms with Gasteiger partial charge < -0.3 is 4.90 Å². The highest BCUT2D eigenvalue weighted by Gasteiger charge is 2.28. The highest BCUT2D eigenvalue weighted by atomic mass is 19.1. The number of halogens is 1. The van der Waals surface area contributed by atoms with Crippen molar-refractivity contribution in [1.29, 1.82) is 0 Å². The Labute approximate surface area is 101 Å². The number of amides is 1. The maximum Gasteiger partial charge on any atom is 0.255 e. The summed E-state index contributed by atoms with van der Waals surface area (Å²) in [5.41, 5.74) is 0.468. The van der Waals surface area contributed by atoms with E-state index in [0.29, 0.717) is 17.4 Å². The van der Waals surface area contributed by atoms with E-state index in [1.54, 1.807) is 0 Å². The van der Waals surface area contributed by atoms with Crippen LogP contribution in [0.25, 0.3) is 0 Å². The second-order valence-corrected chi connectivity index (χ2v) is 4.91. The number of carbonyl (C=O) groups excluding carboxylic acids is 1. The molecule has 1 amide bonds. The molecule has 1 unspecified atom stereocenters. The summed E-state index contributed by atoms with van der Waals surface area (Å²) in [5, 5.41) is 0. The van der Waals surface area contributed by atoms with E-state index < -0.39 is 5.95 Å². The van der Waals surface area contributed by atoms with Crippen molar-refractivity contribution in [3.63, 3.8) is 0 Å².